The summed E-state index contributed by atoms with van der Waals surface area (Å²) in [5, 5.41) is 0. The fourth-order valence-corrected chi connectivity index (χ4v) is 4.03. The van der Waals surface area contributed by atoms with E-state index in [2.05, 4.69) is 64.4 Å². The van der Waals surface area contributed by atoms with Gasteiger partial charge in [0, 0.05) is 4.91 Å². The number of anilines is 1. The van der Waals surface area contributed by atoms with Crippen LogP contribution in [0.4, 0.5) is 5.69 Å². The van der Waals surface area contributed by atoms with Gasteiger partial charge >= 0.3 is 0 Å². The number of hydrogen-bond donors (Lipinski definition) is 0. The van der Waals surface area contributed by atoms with E-state index in [-0.39, 0.29) is 0 Å². The Balaban J connectivity index is 1.85. The highest BCUT2D eigenvalue weighted by molar-refractivity contribution is 9.10. The Kier molecular flexibility index (Phi) is 4.13. The summed E-state index contributed by atoms with van der Waals surface area (Å²) in [4.78, 5) is 1.33. The van der Waals surface area contributed by atoms with Crippen molar-refractivity contribution in [1.29, 1.82) is 0 Å². The van der Waals surface area contributed by atoms with Crippen LogP contribution in [0.1, 0.15) is 18.9 Å². The number of halogens is 1. The molecule has 0 bridgehead atoms. The molecule has 1 aromatic carbocycles. The molecule has 20 heavy (non-hydrogen) atoms. The van der Waals surface area contributed by atoms with Gasteiger partial charge in [-0.1, -0.05) is 25.2 Å². The molecule has 0 N–H and O–H groups in total. The van der Waals surface area contributed by atoms with Crippen LogP contribution in [0, 0.1) is 12.8 Å². The minimum absolute atomic E-state index is 0.660. The highest BCUT2D eigenvalue weighted by Gasteiger charge is 2.22. The number of nitrogens with zero attached hydrogens (tertiary/aromatic N) is 1. The maximum Gasteiger partial charge on any atom is 0.157 e. The van der Waals surface area contributed by atoms with Gasteiger partial charge in [0.15, 0.2) is 5.75 Å². The lowest BCUT2D eigenvalue weighted by Crippen LogP contribution is -2.27. The lowest BCUT2D eigenvalue weighted by molar-refractivity contribution is 0.315. The Hall–Kier alpha value is -0.870. The van der Waals surface area contributed by atoms with Gasteiger partial charge in [0.05, 0.1) is 16.7 Å². The molecule has 106 valence electrons. The van der Waals surface area contributed by atoms with Crippen LogP contribution in [-0.2, 0) is 0 Å². The van der Waals surface area contributed by atoms with Crippen LogP contribution in [0.5, 0.6) is 5.75 Å². The summed E-state index contributed by atoms with van der Waals surface area (Å²) in [7, 11) is 0. The van der Waals surface area contributed by atoms with Crippen molar-refractivity contribution < 1.29 is 4.74 Å². The number of hydrogen-bond acceptors (Lipinski definition) is 3. The highest BCUT2D eigenvalue weighted by Crippen LogP contribution is 2.43. The van der Waals surface area contributed by atoms with E-state index in [1.807, 2.05) is 11.9 Å². The molecule has 0 saturated carbocycles. The molecule has 3 rings (SSSR count). The van der Waals surface area contributed by atoms with E-state index in [1.165, 1.54) is 16.2 Å². The van der Waals surface area contributed by atoms with Crippen molar-refractivity contribution in [3.63, 3.8) is 0 Å². The Labute approximate surface area is 133 Å². The number of benzene rings is 1. The van der Waals surface area contributed by atoms with Crippen LogP contribution in [-0.4, -0.2) is 13.2 Å². The smallest absolute Gasteiger partial charge is 0.157 e. The van der Waals surface area contributed by atoms with Crippen LogP contribution >= 0.6 is 27.9 Å². The fraction of sp³-hybridized carbons (Fsp3) is 0.375. The summed E-state index contributed by atoms with van der Waals surface area (Å²) < 4.78 is 9.18. The predicted octanol–water partition coefficient (Wildman–Crippen LogP) is 5.08. The third-order valence-electron chi connectivity index (χ3n) is 3.47. The lowest BCUT2D eigenvalue weighted by atomic mass is 10.0. The molecular weight excluding hydrogens is 334 g/mol. The van der Waals surface area contributed by atoms with Gasteiger partial charge in [0.2, 0.25) is 0 Å². The predicted molar refractivity (Wildman–Crippen MR) is 90.3 cm³/mol. The summed E-state index contributed by atoms with van der Waals surface area (Å²) >= 11 is 5.41. The third kappa shape index (κ3) is 2.91. The minimum Gasteiger partial charge on any atom is -0.488 e. The van der Waals surface area contributed by atoms with Crippen LogP contribution < -0.4 is 9.04 Å². The average molecular weight is 352 g/mol. The summed E-state index contributed by atoms with van der Waals surface area (Å²) in [5.74, 6) is 1.62. The van der Waals surface area contributed by atoms with Crippen LogP contribution in [0.2, 0.25) is 0 Å². The molecule has 0 fully saturated rings. The van der Waals surface area contributed by atoms with Crippen LogP contribution in [0.25, 0.3) is 0 Å². The van der Waals surface area contributed by atoms with E-state index >= 15 is 0 Å². The lowest BCUT2D eigenvalue weighted by Gasteiger charge is -2.31. The molecule has 1 atom stereocenters. The standard InChI is InChI=1S/C16H18BrNOS/c1-11-3-5-13(6-4-11)20-18-7-8-19-16-14(17)9-12(2)10-15(16)18/h3,5-6,9-11H,4,7-8H2,1-2H3. The molecule has 1 heterocycles. The summed E-state index contributed by atoms with van der Waals surface area (Å²) in [6.45, 7) is 6.01. The zero-order valence-electron chi connectivity index (χ0n) is 11.7. The first-order chi connectivity index (χ1) is 9.63. The topological polar surface area (TPSA) is 12.5 Å². The number of aryl methyl sites for hydroxylation is 1. The maximum absolute atomic E-state index is 5.81. The van der Waals surface area contributed by atoms with Crippen molar-refractivity contribution in [3.8, 4) is 5.75 Å². The SMILES string of the molecule is Cc1cc(Br)c2c(c1)N(SC1=CCC(C)C=C1)CCO2. The summed E-state index contributed by atoms with van der Waals surface area (Å²) in [6.07, 6.45) is 7.98. The maximum atomic E-state index is 5.81. The number of fused-ring (bicyclic) bond motifs is 1. The quantitative estimate of drug-likeness (QED) is 0.689. The highest BCUT2D eigenvalue weighted by atomic mass is 79.9. The van der Waals surface area contributed by atoms with Crippen molar-refractivity contribution in [3.05, 3.63) is 45.3 Å². The van der Waals surface area contributed by atoms with Gasteiger partial charge in [-0.3, -0.25) is 0 Å². The van der Waals surface area contributed by atoms with Gasteiger partial charge in [0.1, 0.15) is 6.61 Å². The van der Waals surface area contributed by atoms with Gasteiger partial charge in [0.25, 0.3) is 0 Å². The molecule has 0 spiro atoms. The largest absolute Gasteiger partial charge is 0.488 e. The Bertz CT molecular complexity index is 582. The Morgan fingerprint density at radius 2 is 2.25 bits per heavy atom. The van der Waals surface area contributed by atoms with E-state index in [1.54, 1.807) is 0 Å². The second kappa shape index (κ2) is 5.86. The molecule has 1 unspecified atom stereocenters. The van der Waals surface area contributed by atoms with Gasteiger partial charge in [-0.25, -0.2) is 0 Å². The minimum atomic E-state index is 0.660. The molecule has 2 nitrogen and oxygen atoms in total. The first kappa shape index (κ1) is 14.1. The van der Waals surface area contributed by atoms with Gasteiger partial charge in [-0.15, -0.1) is 0 Å². The van der Waals surface area contributed by atoms with E-state index in [9.17, 15) is 0 Å². The number of allylic oxidation sites excluding steroid dienone is 3. The Morgan fingerprint density at radius 3 is 3.00 bits per heavy atom. The van der Waals surface area contributed by atoms with E-state index < -0.39 is 0 Å². The van der Waals surface area contributed by atoms with Gasteiger partial charge in [-0.2, -0.15) is 0 Å². The fourth-order valence-electron chi connectivity index (χ4n) is 2.39. The second-order valence-electron chi connectivity index (χ2n) is 5.32. The first-order valence-corrected chi connectivity index (χ1v) is 8.47. The second-order valence-corrected chi connectivity index (χ2v) is 7.26. The molecule has 4 heteroatoms. The van der Waals surface area contributed by atoms with E-state index in [4.69, 9.17) is 4.74 Å². The normalized spacial score (nSPS) is 21.2. The summed E-state index contributed by atoms with van der Waals surface area (Å²) in [5.41, 5.74) is 2.41. The van der Waals surface area contributed by atoms with E-state index in [0.717, 1.165) is 29.8 Å². The van der Waals surface area contributed by atoms with E-state index in [0.29, 0.717) is 5.92 Å². The number of ether oxygens (including phenoxy) is 1. The van der Waals surface area contributed by atoms with Crippen molar-refractivity contribution in [2.24, 2.45) is 5.92 Å². The van der Waals surface area contributed by atoms with Crippen molar-refractivity contribution in [1.82, 2.24) is 0 Å². The summed E-state index contributed by atoms with van der Waals surface area (Å²) in [6, 6.07) is 4.30. The zero-order chi connectivity index (χ0) is 14.1. The van der Waals surface area contributed by atoms with Crippen molar-refractivity contribution >= 4 is 33.6 Å². The van der Waals surface area contributed by atoms with Crippen LogP contribution in [0.3, 0.4) is 0 Å². The molecular formula is C16H18BrNOS. The van der Waals surface area contributed by atoms with Gasteiger partial charge < -0.3 is 9.04 Å². The van der Waals surface area contributed by atoms with Crippen LogP contribution in [0.15, 0.2) is 39.7 Å². The third-order valence-corrected chi connectivity index (χ3v) is 5.18. The van der Waals surface area contributed by atoms with Gasteiger partial charge in [-0.05, 0) is 64.8 Å². The molecule has 1 aliphatic carbocycles. The molecule has 0 aromatic heterocycles. The molecule has 0 amide bonds. The zero-order valence-corrected chi connectivity index (χ0v) is 14.1. The Morgan fingerprint density at radius 1 is 1.40 bits per heavy atom. The number of rotatable bonds is 2. The monoisotopic (exact) mass is 351 g/mol. The molecule has 0 saturated heterocycles. The molecule has 1 aliphatic heterocycles. The first-order valence-electron chi connectivity index (χ1n) is 6.90. The average Bonchev–Trinajstić information content (AvgIpc) is 2.42. The van der Waals surface area contributed by atoms with Crippen molar-refractivity contribution in [2.75, 3.05) is 17.5 Å². The molecule has 2 aliphatic rings. The molecule has 0 radical (unpaired) electrons. The van der Waals surface area contributed by atoms with Crippen molar-refractivity contribution in [2.45, 2.75) is 20.3 Å². The molecule has 1 aromatic rings.